The number of nitrogens with one attached hydrogen (secondary N) is 1. The lowest BCUT2D eigenvalue weighted by molar-refractivity contribution is 0.0984. The molecule has 1 aromatic heterocycles. The van der Waals surface area contributed by atoms with Crippen LogP contribution in [0, 0.1) is 6.92 Å². The van der Waals surface area contributed by atoms with E-state index in [0.29, 0.717) is 29.5 Å². The Morgan fingerprint density at radius 3 is 2.79 bits per heavy atom. The summed E-state index contributed by atoms with van der Waals surface area (Å²) in [5.74, 6) is -0.0228. The van der Waals surface area contributed by atoms with Gasteiger partial charge in [0.05, 0.1) is 6.61 Å². The van der Waals surface area contributed by atoms with Crippen LogP contribution in [0.3, 0.4) is 0 Å². The van der Waals surface area contributed by atoms with Gasteiger partial charge < -0.3 is 14.5 Å². The molecule has 4 nitrogen and oxygen atoms in total. The van der Waals surface area contributed by atoms with Crippen molar-refractivity contribution in [2.24, 2.45) is 0 Å². The van der Waals surface area contributed by atoms with Gasteiger partial charge in [-0.1, -0.05) is 29.8 Å². The van der Waals surface area contributed by atoms with Crippen molar-refractivity contribution in [1.29, 1.82) is 0 Å². The predicted molar refractivity (Wildman–Crippen MR) is 95.7 cm³/mol. The predicted octanol–water partition coefficient (Wildman–Crippen LogP) is 5.18. The third kappa shape index (κ3) is 3.30. The Kier molecular flexibility index (Phi) is 4.88. The molecule has 3 rings (SSSR count). The van der Waals surface area contributed by atoms with E-state index >= 15 is 0 Å². The minimum atomic E-state index is -0.300. The third-order valence-corrected chi connectivity index (χ3v) is 4.03. The molecule has 1 amide bonds. The minimum absolute atomic E-state index is 0.277. The maximum atomic E-state index is 12.7. The van der Waals surface area contributed by atoms with E-state index in [2.05, 4.69) is 5.32 Å². The van der Waals surface area contributed by atoms with Crippen molar-refractivity contribution >= 4 is 34.2 Å². The standard InChI is InChI=1S/C19H18ClNO3/c1-3-23-11-15-14-6-4-5-7-17(14)24-18(15)19(22)21-16-9-8-13(20)10-12(16)2/h4-10H,3,11H2,1-2H3,(H,21,22). The van der Waals surface area contributed by atoms with Crippen LogP contribution in [0.4, 0.5) is 5.69 Å². The van der Waals surface area contributed by atoms with Gasteiger partial charge in [-0.2, -0.15) is 0 Å². The highest BCUT2D eigenvalue weighted by molar-refractivity contribution is 6.30. The molecule has 0 aliphatic rings. The number of hydrogen-bond acceptors (Lipinski definition) is 3. The van der Waals surface area contributed by atoms with E-state index in [-0.39, 0.29) is 11.7 Å². The fraction of sp³-hybridized carbons (Fsp3) is 0.211. The van der Waals surface area contributed by atoms with Crippen molar-refractivity contribution < 1.29 is 13.9 Å². The Morgan fingerprint density at radius 2 is 2.04 bits per heavy atom. The summed E-state index contributed by atoms with van der Waals surface area (Å²) in [6.07, 6.45) is 0. The van der Waals surface area contributed by atoms with Crippen LogP contribution in [0.2, 0.25) is 5.02 Å². The molecule has 1 N–H and O–H groups in total. The summed E-state index contributed by atoms with van der Waals surface area (Å²) in [5.41, 5.74) is 3.02. The van der Waals surface area contributed by atoms with Gasteiger partial charge in [-0.05, 0) is 43.7 Å². The number of rotatable bonds is 5. The van der Waals surface area contributed by atoms with E-state index in [0.717, 1.165) is 16.5 Å². The smallest absolute Gasteiger partial charge is 0.291 e. The van der Waals surface area contributed by atoms with E-state index in [9.17, 15) is 4.79 Å². The summed E-state index contributed by atoms with van der Waals surface area (Å²) >= 11 is 5.96. The zero-order valence-electron chi connectivity index (χ0n) is 13.6. The molecule has 5 heteroatoms. The quantitative estimate of drug-likeness (QED) is 0.694. The molecule has 124 valence electrons. The number of carbonyl (C=O) groups excluding carboxylic acids is 1. The Morgan fingerprint density at radius 1 is 1.25 bits per heavy atom. The van der Waals surface area contributed by atoms with Crippen molar-refractivity contribution in [2.75, 3.05) is 11.9 Å². The summed E-state index contributed by atoms with van der Waals surface area (Å²) in [6, 6.07) is 12.9. The molecule has 3 aromatic rings. The van der Waals surface area contributed by atoms with Gasteiger partial charge in [0.1, 0.15) is 5.58 Å². The van der Waals surface area contributed by atoms with Crippen molar-refractivity contribution in [3.8, 4) is 0 Å². The van der Waals surface area contributed by atoms with Gasteiger partial charge in [0.15, 0.2) is 5.76 Å². The number of amides is 1. The molecule has 0 atom stereocenters. The molecule has 0 saturated heterocycles. The lowest BCUT2D eigenvalue weighted by atomic mass is 10.1. The first-order valence-corrected chi connectivity index (χ1v) is 8.13. The monoisotopic (exact) mass is 343 g/mol. The molecule has 1 heterocycles. The fourth-order valence-electron chi connectivity index (χ4n) is 2.58. The second-order valence-corrected chi connectivity index (χ2v) is 5.89. The Bertz CT molecular complexity index is 885. The molecule has 24 heavy (non-hydrogen) atoms. The summed E-state index contributed by atoms with van der Waals surface area (Å²) < 4.78 is 11.3. The van der Waals surface area contributed by atoms with Crippen LogP contribution in [0.1, 0.15) is 28.6 Å². The maximum absolute atomic E-state index is 12.7. The van der Waals surface area contributed by atoms with E-state index in [1.165, 1.54) is 0 Å². The molecule has 0 spiro atoms. The number of ether oxygens (including phenoxy) is 1. The first kappa shape index (κ1) is 16.6. The number of fused-ring (bicyclic) bond motifs is 1. The molecule has 0 bridgehead atoms. The highest BCUT2D eigenvalue weighted by Crippen LogP contribution is 2.28. The second kappa shape index (κ2) is 7.07. The molecule has 2 aromatic carbocycles. The SMILES string of the molecule is CCOCc1c(C(=O)Nc2ccc(Cl)cc2C)oc2ccccc12. The van der Waals surface area contributed by atoms with Gasteiger partial charge in [0.25, 0.3) is 5.91 Å². The van der Waals surface area contributed by atoms with Gasteiger partial charge in [-0.25, -0.2) is 0 Å². The van der Waals surface area contributed by atoms with E-state index in [4.69, 9.17) is 20.8 Å². The van der Waals surface area contributed by atoms with Crippen LogP contribution in [0.15, 0.2) is 46.9 Å². The molecule has 0 aliphatic carbocycles. The minimum Gasteiger partial charge on any atom is -0.451 e. The fourth-order valence-corrected chi connectivity index (χ4v) is 2.80. The first-order valence-electron chi connectivity index (χ1n) is 7.75. The van der Waals surface area contributed by atoms with Gasteiger partial charge in [-0.15, -0.1) is 0 Å². The molecule has 0 radical (unpaired) electrons. The lowest BCUT2D eigenvalue weighted by Gasteiger charge is -2.08. The number of para-hydroxylation sites is 1. The Labute approximate surface area is 145 Å². The normalized spacial score (nSPS) is 11.0. The van der Waals surface area contributed by atoms with Crippen LogP contribution >= 0.6 is 11.6 Å². The van der Waals surface area contributed by atoms with Crippen LogP contribution < -0.4 is 5.32 Å². The van der Waals surface area contributed by atoms with E-state index in [1.807, 2.05) is 38.1 Å². The van der Waals surface area contributed by atoms with E-state index < -0.39 is 0 Å². The average molecular weight is 344 g/mol. The average Bonchev–Trinajstić information content (AvgIpc) is 2.94. The summed E-state index contributed by atoms with van der Waals surface area (Å²) in [6.45, 7) is 4.70. The van der Waals surface area contributed by atoms with Gasteiger partial charge in [0, 0.05) is 28.3 Å². The highest BCUT2D eigenvalue weighted by atomic mass is 35.5. The van der Waals surface area contributed by atoms with Gasteiger partial charge in [-0.3, -0.25) is 4.79 Å². The summed E-state index contributed by atoms with van der Waals surface area (Å²) in [5, 5.41) is 4.41. The van der Waals surface area contributed by atoms with Crippen LogP contribution in [0.25, 0.3) is 11.0 Å². The van der Waals surface area contributed by atoms with Crippen molar-refractivity contribution in [3.63, 3.8) is 0 Å². The van der Waals surface area contributed by atoms with Gasteiger partial charge in [0.2, 0.25) is 0 Å². The number of carbonyl (C=O) groups is 1. The Balaban J connectivity index is 1.96. The highest BCUT2D eigenvalue weighted by Gasteiger charge is 2.21. The molecule has 0 unspecified atom stereocenters. The van der Waals surface area contributed by atoms with Crippen molar-refractivity contribution in [2.45, 2.75) is 20.5 Å². The molecule has 0 aliphatic heterocycles. The maximum Gasteiger partial charge on any atom is 0.291 e. The van der Waals surface area contributed by atoms with Gasteiger partial charge >= 0.3 is 0 Å². The van der Waals surface area contributed by atoms with Crippen LogP contribution in [-0.2, 0) is 11.3 Å². The van der Waals surface area contributed by atoms with Crippen molar-refractivity contribution in [3.05, 3.63) is 64.4 Å². The molecule has 0 fully saturated rings. The number of benzene rings is 2. The van der Waals surface area contributed by atoms with E-state index in [1.54, 1.807) is 18.2 Å². The number of aryl methyl sites for hydroxylation is 1. The topological polar surface area (TPSA) is 51.5 Å². The van der Waals surface area contributed by atoms with Crippen LogP contribution in [-0.4, -0.2) is 12.5 Å². The largest absolute Gasteiger partial charge is 0.451 e. The number of furan rings is 1. The Hall–Kier alpha value is -2.30. The summed E-state index contributed by atoms with van der Waals surface area (Å²) in [4.78, 5) is 12.7. The lowest BCUT2D eigenvalue weighted by Crippen LogP contribution is -2.14. The third-order valence-electron chi connectivity index (χ3n) is 3.79. The number of hydrogen-bond donors (Lipinski definition) is 1. The molecular weight excluding hydrogens is 326 g/mol. The first-order chi connectivity index (χ1) is 11.6. The van der Waals surface area contributed by atoms with Crippen molar-refractivity contribution in [1.82, 2.24) is 0 Å². The second-order valence-electron chi connectivity index (χ2n) is 5.46. The summed E-state index contributed by atoms with van der Waals surface area (Å²) in [7, 11) is 0. The van der Waals surface area contributed by atoms with Crippen LogP contribution in [0.5, 0.6) is 0 Å². The number of anilines is 1. The molecule has 0 saturated carbocycles. The molecular formula is C19H18ClNO3. The zero-order valence-corrected chi connectivity index (χ0v) is 14.3. The number of halogens is 1. The zero-order chi connectivity index (χ0) is 17.1.